The average Bonchev–Trinajstić information content (AvgIpc) is 1.93. The quantitative estimate of drug-likeness (QED) is 0.530. The predicted molar refractivity (Wildman–Crippen MR) is 38.7 cm³/mol. The molecule has 0 saturated heterocycles. The maximum absolute atomic E-state index is 9.03. The predicted octanol–water partition coefficient (Wildman–Crippen LogP) is 1.46. The number of hydrogen-bond acceptors (Lipinski definition) is 2. The molecule has 2 N–H and O–H groups in total. The molecule has 0 amide bonds. The van der Waals surface area contributed by atoms with Crippen molar-refractivity contribution in [1.29, 1.82) is 0 Å². The summed E-state index contributed by atoms with van der Waals surface area (Å²) in [4.78, 5) is 0. The van der Waals surface area contributed by atoms with Gasteiger partial charge in [0.05, 0.1) is 0 Å². The molecule has 0 aromatic heterocycles. The lowest BCUT2D eigenvalue weighted by Crippen LogP contribution is -1.80. The van der Waals surface area contributed by atoms with Crippen molar-refractivity contribution in [2.24, 2.45) is 0 Å². The van der Waals surface area contributed by atoms with Gasteiger partial charge in [-0.3, -0.25) is 0 Å². The molecule has 0 aliphatic carbocycles. The first-order chi connectivity index (χ1) is 4.63. The second kappa shape index (κ2) is 2.21. The highest BCUT2D eigenvalue weighted by molar-refractivity contribution is 5.51. The number of aromatic hydroxyl groups is 2. The number of rotatable bonds is 0. The molecule has 10 heavy (non-hydrogen) atoms. The van der Waals surface area contributed by atoms with Crippen LogP contribution in [0.4, 0.5) is 0 Å². The standard InChI is InChI=1S/C8H8O2/c1-5-3-4-7(9)8(10)6(5)2/h3-4,9-10H,1-2H2. The Bertz CT molecular complexity index is 227. The number of hydrogen-bond donors (Lipinski definition) is 2. The maximum Gasteiger partial charge on any atom is 0.160 e. The van der Waals surface area contributed by atoms with Crippen LogP contribution in [-0.2, 0) is 0 Å². The van der Waals surface area contributed by atoms with Gasteiger partial charge in [0.25, 0.3) is 0 Å². The second-order valence-electron chi connectivity index (χ2n) is 2.07. The topological polar surface area (TPSA) is 40.5 Å². The molecule has 1 aromatic carbocycles. The van der Waals surface area contributed by atoms with E-state index < -0.39 is 0 Å². The highest BCUT2D eigenvalue weighted by Crippen LogP contribution is 2.29. The molecule has 52 valence electrons. The first-order valence-corrected chi connectivity index (χ1v) is 2.82. The van der Waals surface area contributed by atoms with Crippen molar-refractivity contribution in [3.63, 3.8) is 0 Å². The molecule has 1 aromatic rings. The highest BCUT2D eigenvalue weighted by atomic mass is 16.3. The molecular formula is C8H8O2. The fraction of sp³-hybridized carbons (Fsp3) is 0. The molecule has 0 unspecified atom stereocenters. The fourth-order valence-electron chi connectivity index (χ4n) is 0.666. The summed E-state index contributed by atoms with van der Waals surface area (Å²) < 4.78 is 0. The Labute approximate surface area is 59.7 Å². The summed E-state index contributed by atoms with van der Waals surface area (Å²) in [6, 6.07) is 2.98. The smallest absolute Gasteiger partial charge is 0.160 e. The monoisotopic (exact) mass is 136 g/mol. The zero-order valence-electron chi connectivity index (χ0n) is 5.46. The first-order valence-electron chi connectivity index (χ1n) is 2.82. The summed E-state index contributed by atoms with van der Waals surface area (Å²) in [7, 11) is 0. The molecule has 0 aliphatic rings. The van der Waals surface area contributed by atoms with Crippen LogP contribution in [0.15, 0.2) is 12.1 Å². The SMILES string of the molecule is [CH2]c1ccc(O)c(O)c1[CH2]. The zero-order chi connectivity index (χ0) is 7.72. The van der Waals surface area contributed by atoms with Gasteiger partial charge in [-0.25, -0.2) is 0 Å². The lowest BCUT2D eigenvalue weighted by Gasteiger charge is -2.02. The average molecular weight is 136 g/mol. The Balaban J connectivity index is 3.34. The fourth-order valence-corrected chi connectivity index (χ4v) is 0.666. The summed E-state index contributed by atoms with van der Waals surface area (Å²) in [5.74, 6) is -0.343. The maximum atomic E-state index is 9.03. The Kier molecular flexibility index (Phi) is 1.53. The van der Waals surface area contributed by atoms with Crippen molar-refractivity contribution in [3.05, 3.63) is 37.1 Å². The minimum atomic E-state index is -0.187. The van der Waals surface area contributed by atoms with E-state index in [1.807, 2.05) is 0 Å². The van der Waals surface area contributed by atoms with E-state index in [0.29, 0.717) is 11.1 Å². The number of phenols is 2. The van der Waals surface area contributed by atoms with Crippen molar-refractivity contribution in [3.8, 4) is 11.5 Å². The van der Waals surface area contributed by atoms with Crippen LogP contribution in [-0.4, -0.2) is 10.2 Å². The van der Waals surface area contributed by atoms with E-state index in [0.717, 1.165) is 0 Å². The first kappa shape index (κ1) is 6.93. The van der Waals surface area contributed by atoms with Crippen LogP contribution in [0.5, 0.6) is 11.5 Å². The van der Waals surface area contributed by atoms with E-state index in [9.17, 15) is 0 Å². The summed E-state index contributed by atoms with van der Waals surface area (Å²) >= 11 is 0. The summed E-state index contributed by atoms with van der Waals surface area (Å²) in [5, 5.41) is 17.9. The molecule has 2 nitrogen and oxygen atoms in total. The Hall–Kier alpha value is -1.18. The van der Waals surface area contributed by atoms with Gasteiger partial charge in [0.15, 0.2) is 11.5 Å². The van der Waals surface area contributed by atoms with Crippen LogP contribution in [0.25, 0.3) is 0 Å². The van der Waals surface area contributed by atoms with Gasteiger partial charge in [-0.2, -0.15) is 0 Å². The third-order valence-electron chi connectivity index (χ3n) is 1.36. The lowest BCUT2D eigenvalue weighted by atomic mass is 10.1. The van der Waals surface area contributed by atoms with Crippen LogP contribution < -0.4 is 0 Å². The van der Waals surface area contributed by atoms with Crippen molar-refractivity contribution in [2.75, 3.05) is 0 Å². The molecule has 0 spiro atoms. The van der Waals surface area contributed by atoms with E-state index in [1.54, 1.807) is 6.07 Å². The molecule has 1 rings (SSSR count). The van der Waals surface area contributed by atoms with Crippen molar-refractivity contribution < 1.29 is 10.2 Å². The van der Waals surface area contributed by atoms with Crippen LogP contribution >= 0.6 is 0 Å². The summed E-state index contributed by atoms with van der Waals surface area (Å²) in [5.41, 5.74) is 0.996. The number of phenolic OH excluding ortho intramolecular Hbond substituents is 2. The molecule has 0 heterocycles. The van der Waals surface area contributed by atoms with Gasteiger partial charge in [0.2, 0.25) is 0 Å². The van der Waals surface area contributed by atoms with E-state index >= 15 is 0 Å². The Morgan fingerprint density at radius 2 is 1.70 bits per heavy atom. The third kappa shape index (κ3) is 0.923. The van der Waals surface area contributed by atoms with Crippen LogP contribution in [0.2, 0.25) is 0 Å². The largest absolute Gasteiger partial charge is 0.504 e. The summed E-state index contributed by atoms with van der Waals surface area (Å²) in [6.45, 7) is 7.10. The van der Waals surface area contributed by atoms with Gasteiger partial charge in [0.1, 0.15) is 0 Å². The minimum absolute atomic E-state index is 0.155. The van der Waals surface area contributed by atoms with Crippen LogP contribution in [0, 0.1) is 13.8 Å². The highest BCUT2D eigenvalue weighted by Gasteiger charge is 2.03. The molecule has 0 atom stereocenters. The zero-order valence-corrected chi connectivity index (χ0v) is 5.46. The molecule has 0 saturated carbocycles. The lowest BCUT2D eigenvalue weighted by molar-refractivity contribution is 0.402. The van der Waals surface area contributed by atoms with E-state index in [2.05, 4.69) is 13.8 Å². The van der Waals surface area contributed by atoms with Gasteiger partial charge in [-0.05, 0) is 25.5 Å². The minimum Gasteiger partial charge on any atom is -0.504 e. The van der Waals surface area contributed by atoms with Gasteiger partial charge >= 0.3 is 0 Å². The van der Waals surface area contributed by atoms with Crippen LogP contribution in [0.1, 0.15) is 11.1 Å². The van der Waals surface area contributed by atoms with Gasteiger partial charge < -0.3 is 10.2 Å². The molecular weight excluding hydrogens is 128 g/mol. The van der Waals surface area contributed by atoms with Crippen molar-refractivity contribution in [1.82, 2.24) is 0 Å². The molecule has 0 fully saturated rings. The van der Waals surface area contributed by atoms with E-state index in [-0.39, 0.29) is 11.5 Å². The van der Waals surface area contributed by atoms with Gasteiger partial charge in [0, 0.05) is 5.56 Å². The van der Waals surface area contributed by atoms with Crippen molar-refractivity contribution >= 4 is 0 Å². The van der Waals surface area contributed by atoms with Crippen LogP contribution in [0.3, 0.4) is 0 Å². The Morgan fingerprint density at radius 3 is 2.20 bits per heavy atom. The molecule has 0 aliphatic heterocycles. The summed E-state index contributed by atoms with van der Waals surface area (Å²) in [6.07, 6.45) is 0. The van der Waals surface area contributed by atoms with Gasteiger partial charge in [-0.15, -0.1) is 0 Å². The van der Waals surface area contributed by atoms with Crippen molar-refractivity contribution in [2.45, 2.75) is 0 Å². The molecule has 2 radical (unpaired) electrons. The molecule has 0 bridgehead atoms. The molecule has 2 heteroatoms. The second-order valence-corrected chi connectivity index (χ2v) is 2.07. The van der Waals surface area contributed by atoms with E-state index in [1.165, 1.54) is 6.07 Å². The number of benzene rings is 1. The Morgan fingerprint density at radius 1 is 1.10 bits per heavy atom. The van der Waals surface area contributed by atoms with Gasteiger partial charge in [-0.1, -0.05) is 6.07 Å². The van der Waals surface area contributed by atoms with E-state index in [4.69, 9.17) is 10.2 Å². The normalized spacial score (nSPS) is 9.80. The third-order valence-corrected chi connectivity index (χ3v) is 1.36.